The molecular weight excluding hydrogens is 367 g/mol. The van der Waals surface area contributed by atoms with Gasteiger partial charge in [0.05, 0.1) is 4.90 Å². The molecule has 3 rings (SSSR count). The standard InChI is InChI=1S/C20H23FN2O3S/c1-15-14-17(21)8-9-19(15)27(25,26)23-12-10-16(11-13-23)20(24)22(2)18-6-4-3-5-7-18/h3-9,14,16H,10-13H2,1-2H3. The Kier molecular flexibility index (Phi) is 5.62. The molecule has 1 amide bonds. The van der Waals surface area contributed by atoms with E-state index in [0.717, 1.165) is 11.8 Å². The highest BCUT2D eigenvalue weighted by Gasteiger charge is 2.34. The van der Waals surface area contributed by atoms with Gasteiger partial charge in [0, 0.05) is 31.7 Å². The number of sulfonamides is 1. The van der Waals surface area contributed by atoms with Crippen LogP contribution in [-0.4, -0.2) is 38.8 Å². The first-order valence-electron chi connectivity index (χ1n) is 8.89. The van der Waals surface area contributed by atoms with Crippen LogP contribution < -0.4 is 4.90 Å². The fraction of sp³-hybridized carbons (Fsp3) is 0.350. The lowest BCUT2D eigenvalue weighted by molar-refractivity contribution is -0.123. The summed E-state index contributed by atoms with van der Waals surface area (Å²) >= 11 is 0. The lowest BCUT2D eigenvalue weighted by atomic mass is 9.96. The molecule has 2 aromatic rings. The summed E-state index contributed by atoms with van der Waals surface area (Å²) in [6.45, 7) is 2.14. The van der Waals surface area contributed by atoms with E-state index in [0.29, 0.717) is 18.4 Å². The van der Waals surface area contributed by atoms with E-state index in [1.54, 1.807) is 18.9 Å². The van der Waals surface area contributed by atoms with E-state index in [9.17, 15) is 17.6 Å². The van der Waals surface area contributed by atoms with Gasteiger partial charge in [-0.15, -0.1) is 0 Å². The number of hydrogen-bond acceptors (Lipinski definition) is 3. The van der Waals surface area contributed by atoms with Crippen LogP contribution in [0.5, 0.6) is 0 Å². The molecule has 1 heterocycles. The van der Waals surface area contributed by atoms with Crippen LogP contribution in [0, 0.1) is 18.7 Å². The van der Waals surface area contributed by atoms with E-state index in [-0.39, 0.29) is 29.8 Å². The summed E-state index contributed by atoms with van der Waals surface area (Å²) < 4.78 is 40.4. The predicted octanol–water partition coefficient (Wildman–Crippen LogP) is 3.20. The fourth-order valence-electron chi connectivity index (χ4n) is 3.44. The van der Waals surface area contributed by atoms with Gasteiger partial charge in [-0.25, -0.2) is 12.8 Å². The first-order valence-corrected chi connectivity index (χ1v) is 10.3. The number of piperidine rings is 1. The number of hydrogen-bond donors (Lipinski definition) is 0. The quantitative estimate of drug-likeness (QED) is 0.806. The first-order chi connectivity index (χ1) is 12.8. The van der Waals surface area contributed by atoms with Crippen LogP contribution in [0.4, 0.5) is 10.1 Å². The summed E-state index contributed by atoms with van der Waals surface area (Å²) in [4.78, 5) is 14.5. The Morgan fingerprint density at radius 3 is 2.33 bits per heavy atom. The van der Waals surface area contributed by atoms with Gasteiger partial charge in [0.25, 0.3) is 0 Å². The number of carbonyl (C=O) groups is 1. The molecule has 0 radical (unpaired) electrons. The molecule has 1 fully saturated rings. The minimum atomic E-state index is -3.69. The van der Waals surface area contributed by atoms with Crippen LogP contribution in [0.3, 0.4) is 0 Å². The van der Waals surface area contributed by atoms with Gasteiger partial charge in [0.1, 0.15) is 5.82 Å². The third kappa shape index (κ3) is 4.04. The second-order valence-corrected chi connectivity index (χ2v) is 8.73. The minimum absolute atomic E-state index is 0.00351. The van der Waals surface area contributed by atoms with Gasteiger partial charge in [0.15, 0.2) is 0 Å². The third-order valence-corrected chi connectivity index (χ3v) is 7.09. The molecule has 1 aliphatic heterocycles. The summed E-state index contributed by atoms with van der Waals surface area (Å²) in [5.74, 6) is -0.674. The number of carbonyl (C=O) groups excluding carboxylic acids is 1. The summed E-state index contributed by atoms with van der Waals surface area (Å²) in [5, 5.41) is 0. The van der Waals surface area contributed by atoms with Gasteiger partial charge in [-0.3, -0.25) is 4.79 Å². The highest BCUT2D eigenvalue weighted by molar-refractivity contribution is 7.89. The van der Waals surface area contributed by atoms with Crippen molar-refractivity contribution in [2.45, 2.75) is 24.7 Å². The lowest BCUT2D eigenvalue weighted by Crippen LogP contribution is -2.43. The van der Waals surface area contributed by atoms with E-state index >= 15 is 0 Å². The molecule has 5 nitrogen and oxygen atoms in total. The average Bonchev–Trinajstić information content (AvgIpc) is 2.67. The Morgan fingerprint density at radius 1 is 1.11 bits per heavy atom. The molecule has 0 atom stereocenters. The van der Waals surface area contributed by atoms with Crippen molar-refractivity contribution in [3.05, 3.63) is 59.9 Å². The maximum atomic E-state index is 13.3. The molecule has 1 aliphatic rings. The molecule has 1 saturated heterocycles. The molecule has 0 aliphatic carbocycles. The second-order valence-electron chi connectivity index (χ2n) is 6.82. The molecule has 27 heavy (non-hydrogen) atoms. The number of aryl methyl sites for hydroxylation is 1. The molecule has 0 N–H and O–H groups in total. The van der Waals surface area contributed by atoms with Crippen molar-refractivity contribution in [3.63, 3.8) is 0 Å². The monoisotopic (exact) mass is 390 g/mol. The number of anilines is 1. The van der Waals surface area contributed by atoms with E-state index < -0.39 is 15.8 Å². The predicted molar refractivity (Wildman–Crippen MR) is 102 cm³/mol. The molecule has 2 aromatic carbocycles. The van der Waals surface area contributed by atoms with Crippen LogP contribution in [0.25, 0.3) is 0 Å². The summed E-state index contributed by atoms with van der Waals surface area (Å²) in [7, 11) is -1.95. The van der Waals surface area contributed by atoms with E-state index in [4.69, 9.17) is 0 Å². The maximum Gasteiger partial charge on any atom is 0.243 e. The van der Waals surface area contributed by atoms with E-state index in [2.05, 4.69) is 0 Å². The minimum Gasteiger partial charge on any atom is -0.315 e. The third-order valence-electron chi connectivity index (χ3n) is 5.03. The van der Waals surface area contributed by atoms with Crippen molar-refractivity contribution in [1.29, 1.82) is 0 Å². The Labute approximate surface area is 159 Å². The van der Waals surface area contributed by atoms with Crippen LogP contribution in [0.1, 0.15) is 18.4 Å². The second kappa shape index (κ2) is 7.78. The molecule has 144 valence electrons. The Hall–Kier alpha value is -2.25. The van der Waals surface area contributed by atoms with Gasteiger partial charge in [-0.2, -0.15) is 4.31 Å². The van der Waals surface area contributed by atoms with Gasteiger partial charge in [-0.1, -0.05) is 18.2 Å². The van der Waals surface area contributed by atoms with Gasteiger partial charge >= 0.3 is 0 Å². The van der Waals surface area contributed by atoms with Crippen LogP contribution in [0.2, 0.25) is 0 Å². The molecule has 7 heteroatoms. The number of rotatable bonds is 4. The van der Waals surface area contributed by atoms with Crippen LogP contribution >= 0.6 is 0 Å². The fourth-order valence-corrected chi connectivity index (χ4v) is 5.11. The van der Waals surface area contributed by atoms with Crippen molar-refractivity contribution in [1.82, 2.24) is 4.31 Å². The smallest absolute Gasteiger partial charge is 0.243 e. The average molecular weight is 390 g/mol. The summed E-state index contributed by atoms with van der Waals surface area (Å²) in [6.07, 6.45) is 0.935. The van der Waals surface area contributed by atoms with Crippen molar-refractivity contribution in [2.75, 3.05) is 25.0 Å². The van der Waals surface area contributed by atoms with Crippen molar-refractivity contribution >= 4 is 21.6 Å². The largest absolute Gasteiger partial charge is 0.315 e. The van der Waals surface area contributed by atoms with Crippen LogP contribution in [0.15, 0.2) is 53.4 Å². The molecule has 0 aromatic heterocycles. The van der Waals surface area contributed by atoms with E-state index in [1.165, 1.54) is 16.4 Å². The molecule has 0 spiro atoms. The van der Waals surface area contributed by atoms with Gasteiger partial charge < -0.3 is 4.90 Å². The number of amides is 1. The normalized spacial score (nSPS) is 16.3. The number of benzene rings is 2. The zero-order chi connectivity index (χ0) is 19.6. The van der Waals surface area contributed by atoms with Crippen molar-refractivity contribution < 1.29 is 17.6 Å². The zero-order valence-corrected chi connectivity index (χ0v) is 16.2. The molecule has 0 unspecified atom stereocenters. The van der Waals surface area contributed by atoms with Gasteiger partial charge in [-0.05, 0) is 55.7 Å². The lowest BCUT2D eigenvalue weighted by Gasteiger charge is -2.32. The maximum absolute atomic E-state index is 13.3. The molecule has 0 bridgehead atoms. The number of para-hydroxylation sites is 1. The Morgan fingerprint density at radius 2 is 1.74 bits per heavy atom. The van der Waals surface area contributed by atoms with E-state index in [1.807, 2.05) is 30.3 Å². The SMILES string of the molecule is Cc1cc(F)ccc1S(=O)(=O)N1CCC(C(=O)N(C)c2ccccc2)CC1. The summed E-state index contributed by atoms with van der Waals surface area (Å²) in [6, 6.07) is 13.1. The highest BCUT2D eigenvalue weighted by atomic mass is 32.2. The van der Waals surface area contributed by atoms with Crippen molar-refractivity contribution in [3.8, 4) is 0 Å². The molecule has 0 saturated carbocycles. The number of nitrogens with zero attached hydrogens (tertiary/aromatic N) is 2. The highest BCUT2D eigenvalue weighted by Crippen LogP contribution is 2.27. The van der Waals surface area contributed by atoms with Crippen molar-refractivity contribution in [2.24, 2.45) is 5.92 Å². The summed E-state index contributed by atoms with van der Waals surface area (Å²) in [5.41, 5.74) is 1.21. The number of halogens is 1. The molecular formula is C20H23FN2O3S. The first kappa shape index (κ1) is 19.5. The Balaban J connectivity index is 1.68. The zero-order valence-electron chi connectivity index (χ0n) is 15.4. The van der Waals surface area contributed by atoms with Gasteiger partial charge in [0.2, 0.25) is 15.9 Å². The Bertz CT molecular complexity index is 923. The van der Waals surface area contributed by atoms with Crippen LogP contribution in [-0.2, 0) is 14.8 Å². The topological polar surface area (TPSA) is 57.7 Å².